The second-order valence-electron chi connectivity index (χ2n) is 2.91. The number of carbonyl (C=O) groups excluding carboxylic acids is 1. The number of nitrogens with zero attached hydrogens (tertiary/aromatic N) is 3. The molecule has 0 bridgehead atoms. The van der Waals surface area contributed by atoms with Gasteiger partial charge in [-0.05, 0) is 12.1 Å². The fourth-order valence-electron chi connectivity index (χ4n) is 1.11. The van der Waals surface area contributed by atoms with Crippen LogP contribution in [0.5, 0.6) is 0 Å². The van der Waals surface area contributed by atoms with E-state index in [1.165, 1.54) is 17.9 Å². The van der Waals surface area contributed by atoms with Crippen LogP contribution in [0.15, 0.2) is 36.5 Å². The van der Waals surface area contributed by atoms with Crippen molar-refractivity contribution in [2.24, 2.45) is 0 Å². The van der Waals surface area contributed by atoms with Gasteiger partial charge < -0.3 is 0 Å². The van der Waals surface area contributed by atoms with E-state index in [1.54, 1.807) is 0 Å². The van der Waals surface area contributed by atoms with Gasteiger partial charge in [-0.15, -0.1) is 5.10 Å². The quantitative estimate of drug-likeness (QED) is 0.669. The molecule has 14 heavy (non-hydrogen) atoms. The van der Waals surface area contributed by atoms with E-state index in [0.29, 0.717) is 5.69 Å². The summed E-state index contributed by atoms with van der Waals surface area (Å²) < 4.78 is 0. The van der Waals surface area contributed by atoms with Gasteiger partial charge in [0.1, 0.15) is 5.69 Å². The van der Waals surface area contributed by atoms with E-state index in [4.69, 9.17) is 0 Å². The number of rotatable bonds is 2. The summed E-state index contributed by atoms with van der Waals surface area (Å²) >= 11 is 0. The van der Waals surface area contributed by atoms with Crippen LogP contribution in [-0.2, 0) is 0 Å². The first kappa shape index (κ1) is 8.62. The van der Waals surface area contributed by atoms with Crippen molar-refractivity contribution in [2.45, 2.75) is 6.92 Å². The molecule has 0 fully saturated rings. The van der Waals surface area contributed by atoms with E-state index in [1.807, 2.05) is 30.3 Å². The van der Waals surface area contributed by atoms with E-state index >= 15 is 0 Å². The minimum absolute atomic E-state index is 0.0767. The Morgan fingerprint density at radius 2 is 2.00 bits per heavy atom. The number of carbonyl (C=O) groups is 1. The summed E-state index contributed by atoms with van der Waals surface area (Å²) in [6, 6.07) is 9.46. The summed E-state index contributed by atoms with van der Waals surface area (Å²) in [6.07, 6.45) is 1.47. The van der Waals surface area contributed by atoms with Crippen LogP contribution in [0.4, 0.5) is 0 Å². The van der Waals surface area contributed by atoms with Gasteiger partial charge in [0.25, 0.3) is 0 Å². The lowest BCUT2D eigenvalue weighted by atomic mass is 10.3. The molecule has 0 saturated carbocycles. The molecule has 0 N–H and O–H groups in total. The molecule has 4 heteroatoms. The number of ketones is 1. The molecule has 0 amide bonds. The standard InChI is InChI=1S/C10H9N3O/c1-8(14)10-7-11-13(12-10)9-5-3-2-4-6-9/h2-7H,1H3. The van der Waals surface area contributed by atoms with Crippen molar-refractivity contribution in [3.05, 3.63) is 42.2 Å². The zero-order valence-corrected chi connectivity index (χ0v) is 7.71. The molecule has 2 rings (SSSR count). The van der Waals surface area contributed by atoms with Crippen LogP contribution in [0.1, 0.15) is 17.4 Å². The maximum Gasteiger partial charge on any atom is 0.181 e. The van der Waals surface area contributed by atoms with E-state index in [0.717, 1.165) is 5.69 Å². The maximum absolute atomic E-state index is 11.0. The average molecular weight is 187 g/mol. The molecule has 0 atom stereocenters. The van der Waals surface area contributed by atoms with Crippen molar-refractivity contribution in [3.8, 4) is 5.69 Å². The molecule has 1 aromatic carbocycles. The predicted octanol–water partition coefficient (Wildman–Crippen LogP) is 1.47. The SMILES string of the molecule is CC(=O)c1cnn(-c2ccccc2)n1. The second kappa shape index (κ2) is 3.41. The Morgan fingerprint density at radius 3 is 2.57 bits per heavy atom. The van der Waals surface area contributed by atoms with E-state index in [-0.39, 0.29) is 5.78 Å². The average Bonchev–Trinajstić information content (AvgIpc) is 2.68. The van der Waals surface area contributed by atoms with Crippen molar-refractivity contribution < 1.29 is 4.79 Å². The molecule has 1 aromatic heterocycles. The largest absolute Gasteiger partial charge is 0.293 e. The monoisotopic (exact) mass is 187 g/mol. The molecule has 0 aliphatic heterocycles. The molecule has 1 heterocycles. The Morgan fingerprint density at radius 1 is 1.29 bits per heavy atom. The van der Waals surface area contributed by atoms with Gasteiger partial charge in [0.2, 0.25) is 0 Å². The third-order valence-electron chi connectivity index (χ3n) is 1.84. The minimum atomic E-state index is -0.0767. The van der Waals surface area contributed by atoms with Crippen molar-refractivity contribution >= 4 is 5.78 Å². The number of aromatic nitrogens is 3. The number of para-hydroxylation sites is 1. The number of benzene rings is 1. The highest BCUT2D eigenvalue weighted by atomic mass is 16.1. The topological polar surface area (TPSA) is 47.8 Å². The molecule has 0 aliphatic carbocycles. The van der Waals surface area contributed by atoms with Gasteiger partial charge in [0.15, 0.2) is 5.78 Å². The second-order valence-corrected chi connectivity index (χ2v) is 2.91. The number of hydrogen-bond donors (Lipinski definition) is 0. The molecule has 0 unspecified atom stereocenters. The zero-order valence-electron chi connectivity index (χ0n) is 7.71. The van der Waals surface area contributed by atoms with Crippen molar-refractivity contribution in [2.75, 3.05) is 0 Å². The summed E-state index contributed by atoms with van der Waals surface area (Å²) in [5.74, 6) is -0.0767. The van der Waals surface area contributed by atoms with Crippen LogP contribution in [0.3, 0.4) is 0 Å². The van der Waals surface area contributed by atoms with Gasteiger partial charge in [-0.1, -0.05) is 18.2 Å². The van der Waals surface area contributed by atoms with Gasteiger partial charge in [-0.2, -0.15) is 9.90 Å². The molecule has 0 saturated heterocycles. The minimum Gasteiger partial charge on any atom is -0.293 e. The summed E-state index contributed by atoms with van der Waals surface area (Å²) in [4.78, 5) is 12.4. The smallest absolute Gasteiger partial charge is 0.181 e. The maximum atomic E-state index is 11.0. The van der Waals surface area contributed by atoms with Crippen LogP contribution in [0.25, 0.3) is 5.69 Å². The Hall–Kier alpha value is -1.97. The first-order valence-electron chi connectivity index (χ1n) is 4.26. The first-order valence-corrected chi connectivity index (χ1v) is 4.26. The Kier molecular flexibility index (Phi) is 2.10. The van der Waals surface area contributed by atoms with Gasteiger partial charge in [0.05, 0.1) is 11.9 Å². The normalized spacial score (nSPS) is 10.1. The lowest BCUT2D eigenvalue weighted by Gasteiger charge is -1.96. The lowest BCUT2D eigenvalue weighted by molar-refractivity contribution is 0.101. The molecule has 2 aromatic rings. The van der Waals surface area contributed by atoms with Crippen molar-refractivity contribution in [1.29, 1.82) is 0 Å². The fraction of sp³-hybridized carbons (Fsp3) is 0.100. The van der Waals surface area contributed by atoms with Crippen LogP contribution >= 0.6 is 0 Å². The number of hydrogen-bond acceptors (Lipinski definition) is 3. The summed E-state index contributed by atoms with van der Waals surface area (Å²) in [5.41, 5.74) is 1.23. The van der Waals surface area contributed by atoms with Crippen LogP contribution in [0, 0.1) is 0 Å². The number of Topliss-reactive ketones (excluding diaryl/α,β-unsaturated/α-hetero) is 1. The summed E-state index contributed by atoms with van der Waals surface area (Å²) in [5, 5.41) is 8.03. The fourth-order valence-corrected chi connectivity index (χ4v) is 1.11. The predicted molar refractivity (Wildman–Crippen MR) is 51.4 cm³/mol. The highest BCUT2D eigenvalue weighted by molar-refractivity contribution is 5.91. The highest BCUT2D eigenvalue weighted by Gasteiger charge is 2.05. The Balaban J connectivity index is 2.39. The van der Waals surface area contributed by atoms with Crippen LogP contribution in [-0.4, -0.2) is 20.8 Å². The van der Waals surface area contributed by atoms with Gasteiger partial charge in [-0.25, -0.2) is 0 Å². The molecule has 0 radical (unpaired) electrons. The van der Waals surface area contributed by atoms with Crippen molar-refractivity contribution in [1.82, 2.24) is 15.0 Å². The third kappa shape index (κ3) is 1.54. The molecule has 70 valence electrons. The van der Waals surface area contributed by atoms with E-state index in [2.05, 4.69) is 10.2 Å². The van der Waals surface area contributed by atoms with Gasteiger partial charge in [-0.3, -0.25) is 4.79 Å². The Bertz CT molecular complexity index is 447. The highest BCUT2D eigenvalue weighted by Crippen LogP contribution is 2.04. The van der Waals surface area contributed by atoms with Gasteiger partial charge in [0, 0.05) is 6.92 Å². The van der Waals surface area contributed by atoms with Crippen molar-refractivity contribution in [3.63, 3.8) is 0 Å². The molecular weight excluding hydrogens is 178 g/mol. The van der Waals surface area contributed by atoms with Crippen LogP contribution < -0.4 is 0 Å². The molecule has 4 nitrogen and oxygen atoms in total. The molecular formula is C10H9N3O. The zero-order chi connectivity index (χ0) is 9.97. The van der Waals surface area contributed by atoms with Gasteiger partial charge >= 0.3 is 0 Å². The summed E-state index contributed by atoms with van der Waals surface area (Å²) in [7, 11) is 0. The third-order valence-corrected chi connectivity index (χ3v) is 1.84. The Labute approximate surface area is 81.2 Å². The van der Waals surface area contributed by atoms with Crippen LogP contribution in [0.2, 0.25) is 0 Å². The first-order chi connectivity index (χ1) is 6.77. The van der Waals surface area contributed by atoms with E-state index < -0.39 is 0 Å². The van der Waals surface area contributed by atoms with E-state index in [9.17, 15) is 4.79 Å². The molecule has 0 aliphatic rings. The molecule has 0 spiro atoms. The lowest BCUT2D eigenvalue weighted by Crippen LogP contribution is -2.00. The summed E-state index contributed by atoms with van der Waals surface area (Å²) in [6.45, 7) is 1.47.